The molecule has 1 aliphatic carbocycles. The van der Waals surface area contributed by atoms with Crippen LogP contribution in [0.3, 0.4) is 0 Å². The second kappa shape index (κ2) is 5.87. The maximum absolute atomic E-state index is 9.66. The summed E-state index contributed by atoms with van der Waals surface area (Å²) in [7, 11) is 0. The molecule has 1 nitrogen and oxygen atoms in total. The molecule has 2 heteroatoms. The molecule has 1 rings (SSSR count). The fourth-order valence-corrected chi connectivity index (χ4v) is 2.66. The Morgan fingerprint density at radius 1 is 1.33 bits per heavy atom. The zero-order valence-electron chi connectivity index (χ0n) is 7.96. The normalized spacial score (nSPS) is 30.5. The monoisotopic (exact) mass is 188 g/mol. The van der Waals surface area contributed by atoms with Crippen LogP contribution in [0.15, 0.2) is 0 Å². The predicted molar refractivity (Wildman–Crippen MR) is 55.6 cm³/mol. The smallest absolute Gasteiger partial charge is 0.0568 e. The fourth-order valence-electron chi connectivity index (χ4n) is 1.90. The molecule has 0 spiro atoms. The molecule has 0 aromatic carbocycles. The first-order valence-electron chi connectivity index (χ1n) is 5.10. The standard InChI is InChI=1S/C10H20OS/c1-2-12-8-7-9-5-3-4-6-10(9)11/h9-11H,2-8H2,1H3. The van der Waals surface area contributed by atoms with Gasteiger partial charge in [0.1, 0.15) is 0 Å². The molecule has 0 aromatic rings. The van der Waals surface area contributed by atoms with Gasteiger partial charge in [-0.2, -0.15) is 11.8 Å². The van der Waals surface area contributed by atoms with E-state index in [0.29, 0.717) is 5.92 Å². The van der Waals surface area contributed by atoms with E-state index in [4.69, 9.17) is 0 Å². The summed E-state index contributed by atoms with van der Waals surface area (Å²) in [6.07, 6.45) is 6.10. The van der Waals surface area contributed by atoms with Crippen LogP contribution in [0.5, 0.6) is 0 Å². The Bertz CT molecular complexity index is 116. The van der Waals surface area contributed by atoms with Gasteiger partial charge in [0.2, 0.25) is 0 Å². The van der Waals surface area contributed by atoms with Crippen molar-refractivity contribution in [2.24, 2.45) is 5.92 Å². The fraction of sp³-hybridized carbons (Fsp3) is 1.00. The summed E-state index contributed by atoms with van der Waals surface area (Å²) in [6.45, 7) is 2.20. The van der Waals surface area contributed by atoms with Crippen molar-refractivity contribution in [1.29, 1.82) is 0 Å². The summed E-state index contributed by atoms with van der Waals surface area (Å²) >= 11 is 1.99. The summed E-state index contributed by atoms with van der Waals surface area (Å²) in [6, 6.07) is 0. The van der Waals surface area contributed by atoms with E-state index in [-0.39, 0.29) is 6.10 Å². The van der Waals surface area contributed by atoms with Gasteiger partial charge < -0.3 is 5.11 Å². The van der Waals surface area contributed by atoms with E-state index >= 15 is 0 Å². The molecule has 0 amide bonds. The zero-order chi connectivity index (χ0) is 8.81. The van der Waals surface area contributed by atoms with Crippen molar-refractivity contribution in [1.82, 2.24) is 0 Å². The topological polar surface area (TPSA) is 20.2 Å². The predicted octanol–water partition coefficient (Wildman–Crippen LogP) is 2.68. The van der Waals surface area contributed by atoms with Crippen LogP contribution in [-0.4, -0.2) is 22.7 Å². The van der Waals surface area contributed by atoms with Crippen molar-refractivity contribution < 1.29 is 5.11 Å². The Morgan fingerprint density at radius 2 is 2.08 bits per heavy atom. The molecule has 0 aliphatic heterocycles. The molecule has 1 saturated carbocycles. The SMILES string of the molecule is CCSCCC1CCCCC1O. The highest BCUT2D eigenvalue weighted by atomic mass is 32.2. The molecule has 0 aromatic heterocycles. The van der Waals surface area contributed by atoms with Gasteiger partial charge >= 0.3 is 0 Å². The number of thioether (sulfide) groups is 1. The summed E-state index contributed by atoms with van der Waals surface area (Å²) in [5.74, 6) is 3.05. The number of rotatable bonds is 4. The number of hydrogen-bond donors (Lipinski definition) is 1. The highest BCUT2D eigenvalue weighted by molar-refractivity contribution is 7.99. The molecule has 2 unspecified atom stereocenters. The molecule has 0 radical (unpaired) electrons. The van der Waals surface area contributed by atoms with Crippen molar-refractivity contribution >= 4 is 11.8 Å². The quantitative estimate of drug-likeness (QED) is 0.684. The van der Waals surface area contributed by atoms with Gasteiger partial charge in [0, 0.05) is 0 Å². The largest absolute Gasteiger partial charge is 0.393 e. The summed E-state index contributed by atoms with van der Waals surface area (Å²) < 4.78 is 0. The Labute approximate surface area is 79.9 Å². The Morgan fingerprint density at radius 3 is 2.75 bits per heavy atom. The molecule has 1 aliphatic rings. The van der Waals surface area contributed by atoms with Crippen LogP contribution in [0.2, 0.25) is 0 Å². The molecule has 0 heterocycles. The van der Waals surface area contributed by atoms with E-state index in [9.17, 15) is 5.11 Å². The summed E-state index contributed by atoms with van der Waals surface area (Å²) in [5, 5.41) is 9.66. The van der Waals surface area contributed by atoms with Crippen molar-refractivity contribution in [2.45, 2.75) is 45.1 Å². The average Bonchev–Trinajstić information content (AvgIpc) is 2.09. The highest BCUT2D eigenvalue weighted by Crippen LogP contribution is 2.27. The lowest BCUT2D eigenvalue weighted by Crippen LogP contribution is -2.24. The molecule has 1 N–H and O–H groups in total. The summed E-state index contributed by atoms with van der Waals surface area (Å²) in [4.78, 5) is 0. The lowest BCUT2D eigenvalue weighted by atomic mass is 9.85. The van der Waals surface area contributed by atoms with E-state index < -0.39 is 0 Å². The lowest BCUT2D eigenvalue weighted by Gasteiger charge is -2.27. The second-order valence-corrected chi connectivity index (χ2v) is 4.99. The molecule has 12 heavy (non-hydrogen) atoms. The molecule has 2 atom stereocenters. The first kappa shape index (κ1) is 10.4. The molecule has 1 fully saturated rings. The minimum atomic E-state index is 0.0104. The molecular formula is C10H20OS. The van der Waals surface area contributed by atoms with Crippen LogP contribution in [-0.2, 0) is 0 Å². The van der Waals surface area contributed by atoms with Crippen LogP contribution >= 0.6 is 11.8 Å². The third-order valence-corrected chi connectivity index (χ3v) is 3.64. The number of aliphatic hydroxyl groups is 1. The van der Waals surface area contributed by atoms with Crippen LogP contribution in [0.4, 0.5) is 0 Å². The van der Waals surface area contributed by atoms with Gasteiger partial charge in [-0.25, -0.2) is 0 Å². The Hall–Kier alpha value is 0.310. The highest BCUT2D eigenvalue weighted by Gasteiger charge is 2.21. The van der Waals surface area contributed by atoms with Crippen molar-refractivity contribution in [2.75, 3.05) is 11.5 Å². The van der Waals surface area contributed by atoms with Gasteiger partial charge in [-0.1, -0.05) is 19.8 Å². The number of aliphatic hydroxyl groups excluding tert-OH is 1. The molecular weight excluding hydrogens is 168 g/mol. The van der Waals surface area contributed by atoms with E-state index in [0.717, 1.165) is 6.42 Å². The van der Waals surface area contributed by atoms with Gasteiger partial charge in [0.25, 0.3) is 0 Å². The average molecular weight is 188 g/mol. The van der Waals surface area contributed by atoms with Crippen LogP contribution in [0.1, 0.15) is 39.0 Å². The Kier molecular flexibility index (Phi) is 5.08. The van der Waals surface area contributed by atoms with Crippen molar-refractivity contribution in [3.8, 4) is 0 Å². The molecule has 72 valence electrons. The van der Waals surface area contributed by atoms with E-state index in [1.54, 1.807) is 0 Å². The molecule has 0 saturated heterocycles. The van der Waals surface area contributed by atoms with Gasteiger partial charge in [-0.05, 0) is 36.7 Å². The van der Waals surface area contributed by atoms with Gasteiger partial charge in [0.15, 0.2) is 0 Å². The second-order valence-electron chi connectivity index (χ2n) is 3.60. The third kappa shape index (κ3) is 3.36. The van der Waals surface area contributed by atoms with Crippen LogP contribution in [0.25, 0.3) is 0 Å². The van der Waals surface area contributed by atoms with E-state index in [1.807, 2.05) is 11.8 Å². The molecule has 0 bridgehead atoms. The van der Waals surface area contributed by atoms with Gasteiger partial charge in [-0.15, -0.1) is 0 Å². The van der Waals surface area contributed by atoms with E-state index in [2.05, 4.69) is 6.92 Å². The van der Waals surface area contributed by atoms with Crippen LogP contribution < -0.4 is 0 Å². The van der Waals surface area contributed by atoms with Crippen molar-refractivity contribution in [3.63, 3.8) is 0 Å². The zero-order valence-corrected chi connectivity index (χ0v) is 8.78. The van der Waals surface area contributed by atoms with Crippen molar-refractivity contribution in [3.05, 3.63) is 0 Å². The Balaban J connectivity index is 2.11. The third-order valence-electron chi connectivity index (χ3n) is 2.71. The van der Waals surface area contributed by atoms with Gasteiger partial charge in [-0.3, -0.25) is 0 Å². The number of hydrogen-bond acceptors (Lipinski definition) is 2. The van der Waals surface area contributed by atoms with E-state index in [1.165, 1.54) is 37.2 Å². The van der Waals surface area contributed by atoms with Gasteiger partial charge in [0.05, 0.1) is 6.10 Å². The lowest BCUT2D eigenvalue weighted by molar-refractivity contribution is 0.0686. The maximum atomic E-state index is 9.66. The summed E-state index contributed by atoms with van der Waals surface area (Å²) in [5.41, 5.74) is 0. The first-order valence-corrected chi connectivity index (χ1v) is 6.26. The van der Waals surface area contributed by atoms with Crippen LogP contribution in [0, 0.1) is 5.92 Å². The first-order chi connectivity index (χ1) is 5.84. The maximum Gasteiger partial charge on any atom is 0.0568 e. The minimum absolute atomic E-state index is 0.0104. The minimum Gasteiger partial charge on any atom is -0.393 e.